The highest BCUT2D eigenvalue weighted by atomic mass is 16.6. The first kappa shape index (κ1) is 18.2. The minimum atomic E-state index is -0.562. The summed E-state index contributed by atoms with van der Waals surface area (Å²) >= 11 is 0. The molecule has 0 aliphatic carbocycles. The van der Waals surface area contributed by atoms with E-state index in [1.807, 2.05) is 37.3 Å². The van der Waals surface area contributed by atoms with E-state index in [-0.39, 0.29) is 5.78 Å². The van der Waals surface area contributed by atoms with Gasteiger partial charge in [0, 0.05) is 6.42 Å². The molecule has 0 fully saturated rings. The van der Waals surface area contributed by atoms with E-state index in [1.54, 1.807) is 20.8 Å². The summed E-state index contributed by atoms with van der Waals surface area (Å²) in [7, 11) is 0. The summed E-state index contributed by atoms with van der Waals surface area (Å²) in [6, 6.07) is 9.41. The number of ether oxygens (including phenoxy) is 1. The Morgan fingerprint density at radius 3 is 2.36 bits per heavy atom. The second-order valence-electron chi connectivity index (χ2n) is 6.44. The van der Waals surface area contributed by atoms with Crippen molar-refractivity contribution in [1.82, 2.24) is 5.32 Å². The number of alkyl carbamates (subject to hydrolysis) is 1. The predicted octanol–water partition coefficient (Wildman–Crippen LogP) is 3.88. The third kappa shape index (κ3) is 7.25. The topological polar surface area (TPSA) is 55.4 Å². The lowest BCUT2D eigenvalue weighted by Gasteiger charge is -2.23. The van der Waals surface area contributed by atoms with Crippen molar-refractivity contribution in [3.05, 3.63) is 35.9 Å². The Bertz CT molecular complexity index is 477. The molecule has 0 aromatic heterocycles. The van der Waals surface area contributed by atoms with Gasteiger partial charge in [0.25, 0.3) is 0 Å². The summed E-state index contributed by atoms with van der Waals surface area (Å²) in [5, 5.41) is 2.70. The number of ketones is 1. The molecule has 0 unspecified atom stereocenters. The lowest BCUT2D eigenvalue weighted by molar-refractivity contribution is -0.121. The normalized spacial score (nSPS) is 12.5. The van der Waals surface area contributed by atoms with Crippen molar-refractivity contribution in [3.8, 4) is 0 Å². The van der Waals surface area contributed by atoms with Gasteiger partial charge in [-0.1, -0.05) is 43.7 Å². The molecule has 0 aliphatic heterocycles. The van der Waals surface area contributed by atoms with E-state index in [4.69, 9.17) is 4.74 Å². The summed E-state index contributed by atoms with van der Waals surface area (Å²) in [4.78, 5) is 24.2. The molecule has 0 aliphatic rings. The van der Waals surface area contributed by atoms with Crippen LogP contribution in [0.1, 0.15) is 52.5 Å². The third-order valence-electron chi connectivity index (χ3n) is 3.16. The van der Waals surface area contributed by atoms with Crippen LogP contribution in [-0.2, 0) is 16.0 Å². The van der Waals surface area contributed by atoms with E-state index in [0.29, 0.717) is 19.3 Å². The van der Waals surface area contributed by atoms with Crippen molar-refractivity contribution in [2.24, 2.45) is 0 Å². The third-order valence-corrected chi connectivity index (χ3v) is 3.16. The number of hydrogen-bond acceptors (Lipinski definition) is 3. The van der Waals surface area contributed by atoms with E-state index < -0.39 is 17.7 Å². The van der Waals surface area contributed by atoms with Crippen molar-refractivity contribution in [2.75, 3.05) is 0 Å². The minimum Gasteiger partial charge on any atom is -0.444 e. The van der Waals surface area contributed by atoms with Crippen LogP contribution in [0.5, 0.6) is 0 Å². The van der Waals surface area contributed by atoms with Crippen LogP contribution in [0.15, 0.2) is 30.3 Å². The summed E-state index contributed by atoms with van der Waals surface area (Å²) in [5.41, 5.74) is 0.567. The monoisotopic (exact) mass is 305 g/mol. The standard InChI is InChI=1S/C18H27NO3/c1-5-9-15(19-17(21)22-18(2,3)4)16(20)13-12-14-10-7-6-8-11-14/h6-8,10-11,15H,5,9,12-13H2,1-4H3,(H,19,21)/t15-/m0/s1. The van der Waals surface area contributed by atoms with Gasteiger partial charge in [-0.2, -0.15) is 0 Å². The maximum atomic E-state index is 12.3. The number of amides is 1. The number of rotatable bonds is 7. The van der Waals surface area contributed by atoms with Crippen LogP contribution in [-0.4, -0.2) is 23.5 Å². The number of Topliss-reactive ketones (excluding diaryl/α,β-unsaturated/α-hetero) is 1. The van der Waals surface area contributed by atoms with E-state index in [1.165, 1.54) is 0 Å². The lowest BCUT2D eigenvalue weighted by Crippen LogP contribution is -2.43. The number of benzene rings is 1. The van der Waals surface area contributed by atoms with Crippen LogP contribution in [0.25, 0.3) is 0 Å². The molecule has 1 rings (SSSR count). The van der Waals surface area contributed by atoms with Gasteiger partial charge >= 0.3 is 6.09 Å². The Hall–Kier alpha value is -1.84. The fourth-order valence-corrected chi connectivity index (χ4v) is 2.14. The van der Waals surface area contributed by atoms with Gasteiger partial charge < -0.3 is 10.1 Å². The maximum absolute atomic E-state index is 12.3. The molecule has 122 valence electrons. The molecule has 0 saturated heterocycles. The number of aryl methyl sites for hydroxylation is 1. The van der Waals surface area contributed by atoms with Crippen molar-refractivity contribution < 1.29 is 14.3 Å². The molecule has 1 aromatic rings. The Morgan fingerprint density at radius 1 is 1.18 bits per heavy atom. The average Bonchev–Trinajstić information content (AvgIpc) is 2.43. The number of carbonyl (C=O) groups excluding carboxylic acids is 2. The fraction of sp³-hybridized carbons (Fsp3) is 0.556. The van der Waals surface area contributed by atoms with Gasteiger partial charge in [-0.05, 0) is 39.2 Å². The highest BCUT2D eigenvalue weighted by Crippen LogP contribution is 2.10. The molecular weight excluding hydrogens is 278 g/mol. The highest BCUT2D eigenvalue weighted by molar-refractivity contribution is 5.87. The molecule has 4 heteroatoms. The lowest BCUT2D eigenvalue weighted by atomic mass is 10.0. The van der Waals surface area contributed by atoms with E-state index in [0.717, 1.165) is 12.0 Å². The molecule has 1 aromatic carbocycles. The zero-order valence-electron chi connectivity index (χ0n) is 14.0. The second kappa shape index (κ2) is 8.57. The molecule has 0 heterocycles. The van der Waals surface area contributed by atoms with Crippen LogP contribution in [0, 0.1) is 0 Å². The number of nitrogens with one attached hydrogen (secondary N) is 1. The number of hydrogen-bond donors (Lipinski definition) is 1. The largest absolute Gasteiger partial charge is 0.444 e. The van der Waals surface area contributed by atoms with E-state index in [2.05, 4.69) is 5.32 Å². The molecule has 1 atom stereocenters. The summed E-state index contributed by atoms with van der Waals surface area (Å²) in [5.74, 6) is 0.0524. The highest BCUT2D eigenvalue weighted by Gasteiger charge is 2.23. The van der Waals surface area contributed by atoms with Crippen LogP contribution in [0.3, 0.4) is 0 Å². The minimum absolute atomic E-state index is 0.0524. The number of carbonyl (C=O) groups is 2. The SMILES string of the molecule is CCC[C@H](NC(=O)OC(C)(C)C)C(=O)CCc1ccccc1. The van der Waals surface area contributed by atoms with Gasteiger partial charge in [-0.25, -0.2) is 4.79 Å². The summed E-state index contributed by atoms with van der Waals surface area (Å²) in [6.07, 6.45) is 2.05. The predicted molar refractivity (Wildman–Crippen MR) is 87.8 cm³/mol. The van der Waals surface area contributed by atoms with Gasteiger partial charge in [-0.3, -0.25) is 4.79 Å². The fourth-order valence-electron chi connectivity index (χ4n) is 2.14. The Morgan fingerprint density at radius 2 is 1.82 bits per heavy atom. The first-order chi connectivity index (χ1) is 10.3. The molecule has 4 nitrogen and oxygen atoms in total. The van der Waals surface area contributed by atoms with Crippen LogP contribution < -0.4 is 5.32 Å². The Balaban J connectivity index is 2.54. The van der Waals surface area contributed by atoms with Crippen molar-refractivity contribution >= 4 is 11.9 Å². The second-order valence-corrected chi connectivity index (χ2v) is 6.44. The van der Waals surface area contributed by atoms with Gasteiger partial charge in [0.05, 0.1) is 6.04 Å². The van der Waals surface area contributed by atoms with E-state index >= 15 is 0 Å². The first-order valence-corrected chi connectivity index (χ1v) is 7.88. The quantitative estimate of drug-likeness (QED) is 0.831. The van der Waals surface area contributed by atoms with Crippen molar-refractivity contribution in [3.63, 3.8) is 0 Å². The first-order valence-electron chi connectivity index (χ1n) is 7.88. The van der Waals surface area contributed by atoms with Crippen LogP contribution >= 0.6 is 0 Å². The average molecular weight is 305 g/mol. The molecule has 0 radical (unpaired) electrons. The molecule has 0 spiro atoms. The van der Waals surface area contributed by atoms with E-state index in [9.17, 15) is 9.59 Å². The molecule has 1 amide bonds. The maximum Gasteiger partial charge on any atom is 0.408 e. The van der Waals surface area contributed by atoms with Crippen molar-refractivity contribution in [2.45, 2.75) is 65.0 Å². The van der Waals surface area contributed by atoms with Crippen molar-refractivity contribution in [1.29, 1.82) is 0 Å². The molecule has 22 heavy (non-hydrogen) atoms. The molecule has 0 bridgehead atoms. The Labute approximate surface area is 133 Å². The van der Waals surface area contributed by atoms with Gasteiger partial charge in [0.15, 0.2) is 5.78 Å². The zero-order chi connectivity index (χ0) is 16.6. The summed E-state index contributed by atoms with van der Waals surface area (Å²) in [6.45, 7) is 7.41. The molecular formula is C18H27NO3. The van der Waals surface area contributed by atoms with Crippen LogP contribution in [0.2, 0.25) is 0 Å². The van der Waals surface area contributed by atoms with Gasteiger partial charge in [-0.15, -0.1) is 0 Å². The smallest absolute Gasteiger partial charge is 0.408 e. The Kier molecular flexibility index (Phi) is 7.09. The zero-order valence-corrected chi connectivity index (χ0v) is 14.0. The van der Waals surface area contributed by atoms with Gasteiger partial charge in [0.1, 0.15) is 5.60 Å². The molecule has 1 N–H and O–H groups in total. The molecule has 0 saturated carbocycles. The van der Waals surface area contributed by atoms with Crippen LogP contribution in [0.4, 0.5) is 4.79 Å². The van der Waals surface area contributed by atoms with Gasteiger partial charge in [0.2, 0.25) is 0 Å². The summed E-state index contributed by atoms with van der Waals surface area (Å²) < 4.78 is 5.23.